The Bertz CT molecular complexity index is 2080. The Balaban J connectivity index is 1.17. The fourth-order valence-corrected chi connectivity index (χ4v) is 7.63. The molecule has 270 valence electrons. The number of benzene rings is 3. The van der Waals surface area contributed by atoms with Crippen LogP contribution in [0.4, 0.5) is 10.5 Å². The fraction of sp³-hybridized carbons (Fsp3) is 0.316. The Kier molecular flexibility index (Phi) is 10.4. The Hall–Kier alpha value is -5.04. The maximum atomic E-state index is 14.0. The number of para-hydroxylation sites is 1. The topological polar surface area (TPSA) is 133 Å². The number of nitrogens with zero attached hydrogens (tertiary/aromatic N) is 4. The Morgan fingerprint density at radius 3 is 2.48 bits per heavy atom. The van der Waals surface area contributed by atoms with Crippen LogP contribution in [0.2, 0.25) is 10.0 Å². The molecule has 3 fully saturated rings. The first-order chi connectivity index (χ1) is 25.2. The highest BCUT2D eigenvalue weighted by molar-refractivity contribution is 6.35. The summed E-state index contributed by atoms with van der Waals surface area (Å²) in [6.45, 7) is 2.88. The van der Waals surface area contributed by atoms with Gasteiger partial charge in [-0.15, -0.1) is 0 Å². The first-order valence-electron chi connectivity index (χ1n) is 16.9. The van der Waals surface area contributed by atoms with E-state index in [1.807, 2.05) is 24.3 Å². The van der Waals surface area contributed by atoms with E-state index in [1.165, 1.54) is 26.6 Å². The van der Waals surface area contributed by atoms with Gasteiger partial charge in [-0.25, -0.2) is 9.59 Å². The summed E-state index contributed by atoms with van der Waals surface area (Å²) >= 11 is 12.9. The van der Waals surface area contributed by atoms with Crippen LogP contribution in [0.15, 0.2) is 79.3 Å². The number of halogens is 2. The zero-order valence-electron chi connectivity index (χ0n) is 28.6. The molecule has 5 heterocycles. The highest BCUT2D eigenvalue weighted by Crippen LogP contribution is 2.36. The number of piperidine rings is 3. The lowest BCUT2D eigenvalue weighted by Gasteiger charge is -2.44. The first kappa shape index (κ1) is 35.4. The number of H-pyrrole nitrogens is 1. The zero-order valence-corrected chi connectivity index (χ0v) is 30.1. The van der Waals surface area contributed by atoms with Crippen molar-refractivity contribution < 1.29 is 33.3 Å². The third kappa shape index (κ3) is 7.45. The van der Waals surface area contributed by atoms with Gasteiger partial charge in [-0.05, 0) is 73.3 Å². The molecule has 8 rings (SSSR count). The maximum absolute atomic E-state index is 14.0. The summed E-state index contributed by atoms with van der Waals surface area (Å²) < 4.78 is 23.8. The number of pyridine rings is 1. The van der Waals surface area contributed by atoms with Gasteiger partial charge in [0.15, 0.2) is 23.9 Å². The van der Waals surface area contributed by atoms with E-state index in [4.69, 9.17) is 42.1 Å². The van der Waals surface area contributed by atoms with Crippen LogP contribution < -0.4 is 19.1 Å². The summed E-state index contributed by atoms with van der Waals surface area (Å²) in [7, 11) is 3.03. The number of aromatic amines is 1. The maximum Gasteiger partial charge on any atom is 0.414 e. The van der Waals surface area contributed by atoms with Gasteiger partial charge in [0, 0.05) is 23.9 Å². The lowest BCUT2D eigenvalue weighted by Crippen LogP contribution is -2.53. The molecule has 52 heavy (non-hydrogen) atoms. The van der Waals surface area contributed by atoms with E-state index >= 15 is 0 Å². The van der Waals surface area contributed by atoms with Crippen molar-refractivity contribution in [1.82, 2.24) is 15.1 Å². The molecule has 1 amide bonds. The summed E-state index contributed by atoms with van der Waals surface area (Å²) in [5.74, 6) is 0.635. The normalized spacial score (nSPS) is 18.5. The van der Waals surface area contributed by atoms with Crippen molar-refractivity contribution in [2.24, 2.45) is 5.92 Å². The molecule has 0 unspecified atom stereocenters. The van der Waals surface area contributed by atoms with E-state index in [1.54, 1.807) is 47.5 Å². The number of carbonyl (C=O) groups excluding carboxylic acids is 2. The van der Waals surface area contributed by atoms with E-state index in [2.05, 4.69) is 15.1 Å². The van der Waals surface area contributed by atoms with E-state index in [9.17, 15) is 14.8 Å². The van der Waals surface area contributed by atoms with Crippen LogP contribution in [0, 0.1) is 11.1 Å². The summed E-state index contributed by atoms with van der Waals surface area (Å²) in [6, 6.07) is 17.7. The molecule has 0 radical (unpaired) electrons. The molecule has 0 aliphatic carbocycles. The molecule has 2 bridgehead atoms. The van der Waals surface area contributed by atoms with Gasteiger partial charge in [0.2, 0.25) is 0 Å². The monoisotopic (exact) mass is 745 g/mol. The molecule has 0 saturated carbocycles. The van der Waals surface area contributed by atoms with Gasteiger partial charge in [-0.1, -0.05) is 53.5 Å². The van der Waals surface area contributed by atoms with Crippen LogP contribution >= 0.6 is 23.2 Å². The molecule has 0 spiro atoms. The van der Waals surface area contributed by atoms with Crippen LogP contribution in [0.5, 0.6) is 11.5 Å². The summed E-state index contributed by atoms with van der Waals surface area (Å²) in [5.41, 5.74) is 3.26. The summed E-state index contributed by atoms with van der Waals surface area (Å²) in [5, 5.41) is 20.3. The second kappa shape index (κ2) is 15.3. The standard InChI is InChI=1S/C38H37Cl2N5O7/c1-49-32-10-9-25(16-34(32)50-2)33(17-28-29(39)20-44(48)21-30(28)40)51-37(46)26-6-3-5-23(15-26)19-45(31-8-4-7-27-18-41-42-36(27)31)38(47)52-35-22-43-13-11-24(35)12-14-43/h3-10,15-16,18,20-21,24,33,35H,11-14,17,19,22H2,1-2H3,(H,41,42)/t33-,35-/m0/s1. The van der Waals surface area contributed by atoms with Gasteiger partial charge < -0.3 is 24.2 Å². The van der Waals surface area contributed by atoms with Crippen molar-refractivity contribution in [2.45, 2.75) is 38.0 Å². The molecule has 2 aromatic heterocycles. The van der Waals surface area contributed by atoms with Crippen molar-refractivity contribution in [3.05, 3.63) is 117 Å². The second-order valence-electron chi connectivity index (χ2n) is 13.0. The van der Waals surface area contributed by atoms with Gasteiger partial charge in [-0.2, -0.15) is 9.83 Å². The van der Waals surface area contributed by atoms with Crippen LogP contribution in [0.3, 0.4) is 0 Å². The van der Waals surface area contributed by atoms with Gasteiger partial charge in [0.05, 0.1) is 43.7 Å². The van der Waals surface area contributed by atoms with Gasteiger partial charge in [0.25, 0.3) is 0 Å². The molecule has 14 heteroatoms. The minimum Gasteiger partial charge on any atom is -0.619 e. The quantitative estimate of drug-likeness (QED) is 0.0871. The number of ether oxygens (including phenoxy) is 4. The van der Waals surface area contributed by atoms with E-state index < -0.39 is 18.2 Å². The second-order valence-corrected chi connectivity index (χ2v) is 13.8. The minimum atomic E-state index is -0.889. The first-order valence-corrected chi connectivity index (χ1v) is 17.7. The predicted molar refractivity (Wildman–Crippen MR) is 195 cm³/mol. The predicted octanol–water partition coefficient (Wildman–Crippen LogP) is 6.90. The van der Waals surface area contributed by atoms with Crippen LogP contribution in [-0.2, 0) is 22.4 Å². The molecule has 1 N–H and O–H groups in total. The molecular formula is C38H37Cl2N5O7. The average molecular weight is 747 g/mol. The SMILES string of the molecule is COc1ccc([C@H](Cc2c(Cl)c[n+]([O-])cc2Cl)OC(=O)c2cccc(CN(C(=O)O[C@H]3CN4CCC3CC4)c3cccc4cn[nH]c34)c2)cc1OC. The van der Waals surface area contributed by atoms with Crippen molar-refractivity contribution >= 4 is 51.9 Å². The third-order valence-electron chi connectivity index (χ3n) is 9.79. The number of amides is 1. The number of rotatable bonds is 11. The largest absolute Gasteiger partial charge is 0.619 e. The van der Waals surface area contributed by atoms with Crippen molar-refractivity contribution in [3.63, 3.8) is 0 Å². The third-order valence-corrected chi connectivity index (χ3v) is 10.4. The van der Waals surface area contributed by atoms with E-state index in [-0.39, 0.29) is 34.7 Å². The van der Waals surface area contributed by atoms with Crippen LogP contribution in [0.1, 0.15) is 46.0 Å². The number of hydrogen-bond donors (Lipinski definition) is 1. The van der Waals surface area contributed by atoms with Gasteiger partial charge in [-0.3, -0.25) is 14.9 Å². The van der Waals surface area contributed by atoms with Crippen molar-refractivity contribution in [3.8, 4) is 11.5 Å². The number of nitrogens with one attached hydrogen (secondary N) is 1. The van der Waals surface area contributed by atoms with E-state index in [0.717, 1.165) is 37.9 Å². The Morgan fingerprint density at radius 1 is 1.02 bits per heavy atom. The Morgan fingerprint density at radius 2 is 1.77 bits per heavy atom. The zero-order chi connectivity index (χ0) is 36.4. The minimum absolute atomic E-state index is 0.0623. The summed E-state index contributed by atoms with van der Waals surface area (Å²) in [6.07, 6.45) is 4.60. The number of methoxy groups -OCH3 is 2. The van der Waals surface area contributed by atoms with Crippen LogP contribution in [-0.4, -0.2) is 67.1 Å². The molecule has 5 aromatic rings. The smallest absolute Gasteiger partial charge is 0.414 e. The number of esters is 1. The van der Waals surface area contributed by atoms with Crippen LogP contribution in [0.25, 0.3) is 10.9 Å². The van der Waals surface area contributed by atoms with Gasteiger partial charge >= 0.3 is 12.1 Å². The highest BCUT2D eigenvalue weighted by Gasteiger charge is 2.38. The lowest BCUT2D eigenvalue weighted by atomic mass is 9.86. The number of fused-ring (bicyclic) bond motifs is 4. The highest BCUT2D eigenvalue weighted by atomic mass is 35.5. The number of anilines is 1. The number of aromatic nitrogens is 3. The number of carbonyl (C=O) groups is 2. The molecule has 3 aliphatic rings. The molecule has 2 atom stereocenters. The lowest BCUT2D eigenvalue weighted by molar-refractivity contribution is -0.605. The van der Waals surface area contributed by atoms with Crippen molar-refractivity contribution in [1.29, 1.82) is 0 Å². The molecular weight excluding hydrogens is 709 g/mol. The molecule has 12 nitrogen and oxygen atoms in total. The summed E-state index contributed by atoms with van der Waals surface area (Å²) in [4.78, 5) is 31.9. The molecule has 3 aliphatic heterocycles. The Labute approximate surface area is 310 Å². The molecule has 3 saturated heterocycles. The average Bonchev–Trinajstić information content (AvgIpc) is 3.64. The van der Waals surface area contributed by atoms with Crippen molar-refractivity contribution in [2.75, 3.05) is 38.8 Å². The number of hydrogen-bond acceptors (Lipinski definition) is 9. The van der Waals surface area contributed by atoms with Gasteiger partial charge in [0.1, 0.15) is 22.3 Å². The fourth-order valence-electron chi connectivity index (χ4n) is 7.03. The van der Waals surface area contributed by atoms with E-state index in [0.29, 0.717) is 50.0 Å². The molecule has 3 aromatic carbocycles.